The van der Waals surface area contributed by atoms with Crippen molar-refractivity contribution in [1.29, 1.82) is 0 Å². The maximum absolute atomic E-state index is 14.1. The number of benzene rings is 1. The number of hydrogen-bond acceptors (Lipinski definition) is 3. The van der Waals surface area contributed by atoms with Gasteiger partial charge in [0.15, 0.2) is 0 Å². The number of nitrogens with two attached hydrogens (primary N) is 1. The summed E-state index contributed by atoms with van der Waals surface area (Å²) < 4.78 is 24.8. The standard InChI is InChI=1S/C16H24FNO2/c1-19-12-8-9-13(14(17)10-12)15(18)16(20-2)11-6-4-3-5-7-11/h8-11,15-16H,3-7,18H2,1-2H3. The molecule has 2 N–H and O–H groups in total. The first-order chi connectivity index (χ1) is 9.67. The first-order valence-electron chi connectivity index (χ1n) is 7.29. The van der Waals surface area contributed by atoms with E-state index in [1.165, 1.54) is 32.4 Å². The fourth-order valence-corrected chi connectivity index (χ4v) is 3.18. The van der Waals surface area contributed by atoms with Gasteiger partial charge in [0.1, 0.15) is 11.6 Å². The lowest BCUT2D eigenvalue weighted by Crippen LogP contribution is -2.36. The van der Waals surface area contributed by atoms with Gasteiger partial charge in [-0.1, -0.05) is 25.3 Å². The zero-order valence-electron chi connectivity index (χ0n) is 12.3. The predicted molar refractivity (Wildman–Crippen MR) is 77.3 cm³/mol. The van der Waals surface area contributed by atoms with Crippen LogP contribution in [0.15, 0.2) is 18.2 Å². The van der Waals surface area contributed by atoms with Gasteiger partial charge in [0.05, 0.1) is 19.3 Å². The lowest BCUT2D eigenvalue weighted by Gasteiger charge is -2.33. The van der Waals surface area contributed by atoms with Crippen molar-refractivity contribution < 1.29 is 13.9 Å². The van der Waals surface area contributed by atoms with Crippen LogP contribution in [0.5, 0.6) is 5.75 Å². The van der Waals surface area contributed by atoms with E-state index < -0.39 is 6.04 Å². The van der Waals surface area contributed by atoms with E-state index in [-0.39, 0.29) is 11.9 Å². The van der Waals surface area contributed by atoms with Crippen LogP contribution in [0.4, 0.5) is 4.39 Å². The van der Waals surface area contributed by atoms with Gasteiger partial charge in [-0.25, -0.2) is 4.39 Å². The average Bonchev–Trinajstić information content (AvgIpc) is 2.48. The molecule has 0 spiro atoms. The molecule has 1 aliphatic rings. The van der Waals surface area contributed by atoms with Crippen LogP contribution in [-0.4, -0.2) is 20.3 Å². The van der Waals surface area contributed by atoms with E-state index in [2.05, 4.69) is 0 Å². The summed E-state index contributed by atoms with van der Waals surface area (Å²) in [4.78, 5) is 0. The highest BCUT2D eigenvalue weighted by Crippen LogP contribution is 2.34. The van der Waals surface area contributed by atoms with Crippen LogP contribution in [0.25, 0.3) is 0 Å². The van der Waals surface area contributed by atoms with Crippen molar-refractivity contribution in [1.82, 2.24) is 0 Å². The molecule has 112 valence electrons. The molecule has 0 aromatic heterocycles. The Balaban J connectivity index is 2.16. The van der Waals surface area contributed by atoms with E-state index in [0.717, 1.165) is 12.8 Å². The van der Waals surface area contributed by atoms with Gasteiger partial charge in [-0.2, -0.15) is 0 Å². The van der Waals surface area contributed by atoms with Gasteiger partial charge in [0.2, 0.25) is 0 Å². The van der Waals surface area contributed by atoms with Gasteiger partial charge in [-0.3, -0.25) is 0 Å². The van der Waals surface area contributed by atoms with Crippen LogP contribution in [0.2, 0.25) is 0 Å². The highest BCUT2D eigenvalue weighted by molar-refractivity contribution is 5.31. The van der Waals surface area contributed by atoms with Gasteiger partial charge in [-0.05, 0) is 24.8 Å². The highest BCUT2D eigenvalue weighted by atomic mass is 19.1. The summed E-state index contributed by atoms with van der Waals surface area (Å²) in [6, 6.07) is 4.39. The predicted octanol–water partition coefficient (Wildman–Crippen LogP) is 3.43. The topological polar surface area (TPSA) is 44.5 Å². The molecular formula is C16H24FNO2. The molecule has 3 nitrogen and oxygen atoms in total. The summed E-state index contributed by atoms with van der Waals surface area (Å²) in [6.07, 6.45) is 5.80. The number of methoxy groups -OCH3 is 2. The maximum atomic E-state index is 14.1. The molecule has 0 amide bonds. The van der Waals surface area contributed by atoms with Crippen molar-refractivity contribution in [2.45, 2.75) is 44.2 Å². The van der Waals surface area contributed by atoms with Crippen molar-refractivity contribution in [3.63, 3.8) is 0 Å². The normalized spacial score (nSPS) is 19.6. The Bertz CT molecular complexity index is 432. The second-order valence-electron chi connectivity index (χ2n) is 5.51. The molecule has 1 aromatic rings. The van der Waals surface area contributed by atoms with Crippen LogP contribution >= 0.6 is 0 Å². The van der Waals surface area contributed by atoms with Gasteiger partial charge in [-0.15, -0.1) is 0 Å². The van der Waals surface area contributed by atoms with Crippen molar-refractivity contribution >= 4 is 0 Å². The fourth-order valence-electron chi connectivity index (χ4n) is 3.18. The van der Waals surface area contributed by atoms with Crippen LogP contribution in [0, 0.1) is 11.7 Å². The maximum Gasteiger partial charge on any atom is 0.131 e. The van der Waals surface area contributed by atoms with Gasteiger partial charge in [0, 0.05) is 18.7 Å². The summed E-state index contributed by atoms with van der Waals surface area (Å²) in [5, 5.41) is 0. The van der Waals surface area contributed by atoms with E-state index in [1.54, 1.807) is 19.2 Å². The molecule has 0 heterocycles. The molecule has 2 atom stereocenters. The molecule has 4 heteroatoms. The Morgan fingerprint density at radius 2 is 1.90 bits per heavy atom. The van der Waals surface area contributed by atoms with Crippen molar-refractivity contribution in [2.75, 3.05) is 14.2 Å². The molecule has 1 aliphatic carbocycles. The largest absolute Gasteiger partial charge is 0.497 e. The first-order valence-corrected chi connectivity index (χ1v) is 7.29. The Morgan fingerprint density at radius 1 is 1.20 bits per heavy atom. The molecule has 0 radical (unpaired) electrons. The molecule has 0 saturated heterocycles. The molecule has 0 aliphatic heterocycles. The molecule has 0 bridgehead atoms. The Labute approximate surface area is 120 Å². The third-order valence-corrected chi connectivity index (χ3v) is 4.31. The molecule has 2 rings (SSSR count). The Hall–Kier alpha value is -1.13. The third-order valence-electron chi connectivity index (χ3n) is 4.31. The number of halogens is 1. The third kappa shape index (κ3) is 3.30. The molecule has 1 fully saturated rings. The molecule has 1 aromatic carbocycles. The van der Waals surface area contributed by atoms with Gasteiger partial charge < -0.3 is 15.2 Å². The minimum absolute atomic E-state index is 0.127. The van der Waals surface area contributed by atoms with E-state index in [4.69, 9.17) is 15.2 Å². The minimum Gasteiger partial charge on any atom is -0.497 e. The van der Waals surface area contributed by atoms with E-state index in [1.807, 2.05) is 0 Å². The zero-order chi connectivity index (χ0) is 14.5. The average molecular weight is 281 g/mol. The number of hydrogen-bond donors (Lipinski definition) is 1. The molecule has 20 heavy (non-hydrogen) atoms. The van der Waals surface area contributed by atoms with E-state index in [0.29, 0.717) is 17.2 Å². The van der Waals surface area contributed by atoms with E-state index >= 15 is 0 Å². The monoisotopic (exact) mass is 281 g/mol. The van der Waals surface area contributed by atoms with Crippen LogP contribution in [0.3, 0.4) is 0 Å². The SMILES string of the molecule is COc1ccc(C(N)C(OC)C2CCCCC2)c(F)c1. The fraction of sp³-hybridized carbons (Fsp3) is 0.625. The Morgan fingerprint density at radius 3 is 2.45 bits per heavy atom. The molecule has 1 saturated carbocycles. The van der Waals surface area contributed by atoms with Gasteiger partial charge >= 0.3 is 0 Å². The lowest BCUT2D eigenvalue weighted by atomic mass is 9.81. The van der Waals surface area contributed by atoms with Crippen molar-refractivity contribution in [3.8, 4) is 5.75 Å². The Kier molecular flexibility index (Phi) is 5.38. The molecule has 2 unspecified atom stereocenters. The molecular weight excluding hydrogens is 257 g/mol. The second-order valence-corrected chi connectivity index (χ2v) is 5.51. The van der Waals surface area contributed by atoms with E-state index in [9.17, 15) is 4.39 Å². The smallest absolute Gasteiger partial charge is 0.131 e. The van der Waals surface area contributed by atoms with Crippen molar-refractivity contribution in [3.05, 3.63) is 29.6 Å². The van der Waals surface area contributed by atoms with Gasteiger partial charge in [0.25, 0.3) is 0 Å². The minimum atomic E-state index is -0.436. The summed E-state index contributed by atoms with van der Waals surface area (Å²) in [5.74, 6) is 0.602. The first kappa shape index (κ1) is 15.3. The van der Waals surface area contributed by atoms with Crippen molar-refractivity contribution in [2.24, 2.45) is 11.7 Å². The highest BCUT2D eigenvalue weighted by Gasteiger charge is 2.30. The quantitative estimate of drug-likeness (QED) is 0.899. The van der Waals surface area contributed by atoms with Crippen LogP contribution in [0.1, 0.15) is 43.7 Å². The van der Waals surface area contributed by atoms with Crippen LogP contribution < -0.4 is 10.5 Å². The summed E-state index contributed by atoms with van der Waals surface area (Å²) in [6.45, 7) is 0. The zero-order valence-corrected chi connectivity index (χ0v) is 12.3. The summed E-state index contributed by atoms with van der Waals surface area (Å²) >= 11 is 0. The van der Waals surface area contributed by atoms with Crippen LogP contribution in [-0.2, 0) is 4.74 Å². The second kappa shape index (κ2) is 7.04. The lowest BCUT2D eigenvalue weighted by molar-refractivity contribution is 0.0165. The number of rotatable bonds is 5. The summed E-state index contributed by atoms with van der Waals surface area (Å²) in [7, 11) is 3.19. The number of ether oxygens (including phenoxy) is 2. The summed E-state index contributed by atoms with van der Waals surface area (Å²) in [5.41, 5.74) is 6.77.